The van der Waals surface area contributed by atoms with Gasteiger partial charge in [0.2, 0.25) is 0 Å². The van der Waals surface area contributed by atoms with Crippen LogP contribution in [0.1, 0.15) is 28.4 Å². The molecule has 3 rings (SSSR count). The number of hydrogen-bond donors (Lipinski definition) is 3. The van der Waals surface area contributed by atoms with Crippen molar-refractivity contribution in [3.05, 3.63) is 89.5 Å². The lowest BCUT2D eigenvalue weighted by Gasteiger charge is -2.13. The zero-order valence-corrected chi connectivity index (χ0v) is 18.8. The molecule has 3 N–H and O–H groups in total. The first-order valence-electron chi connectivity index (χ1n) is 10.2. The summed E-state index contributed by atoms with van der Waals surface area (Å²) in [7, 11) is 0. The van der Waals surface area contributed by atoms with E-state index in [1.165, 1.54) is 0 Å². The van der Waals surface area contributed by atoms with Crippen molar-refractivity contribution in [3.8, 4) is 0 Å². The number of carbonyl (C=O) groups excluding carboxylic acids is 2. The molecule has 0 fully saturated rings. The molecule has 0 aromatic heterocycles. The van der Waals surface area contributed by atoms with E-state index in [2.05, 4.69) is 16.0 Å². The number of amides is 1. The molecular weight excluding hydrogens is 422 g/mol. The van der Waals surface area contributed by atoms with Crippen molar-refractivity contribution < 1.29 is 14.3 Å². The molecule has 0 heterocycles. The van der Waals surface area contributed by atoms with E-state index < -0.39 is 5.97 Å². The number of ether oxygens (including phenoxy) is 1. The number of carbonyl (C=O) groups is 2. The van der Waals surface area contributed by atoms with E-state index in [4.69, 9.17) is 17.0 Å². The number of benzene rings is 3. The van der Waals surface area contributed by atoms with Gasteiger partial charge in [-0.25, -0.2) is 4.79 Å². The summed E-state index contributed by atoms with van der Waals surface area (Å²) in [6.45, 7) is 3.59. The average molecular weight is 448 g/mol. The standard InChI is InChI=1S/C25H25N3O3S/c1-3-18-9-7-8-17(2)23(18)28-22(29)16-31-24(30)19-12-14-21(15-13-19)27-25(32)26-20-10-5-4-6-11-20/h4-15H,3,16H2,1-2H3,(H,28,29)(H2,26,27,32). The number of aryl methyl sites for hydroxylation is 2. The van der Waals surface area contributed by atoms with Crippen LogP contribution < -0.4 is 16.0 Å². The second-order valence-electron chi connectivity index (χ2n) is 7.11. The Bertz CT molecular complexity index is 1100. The molecular formula is C25H25N3O3S. The van der Waals surface area contributed by atoms with E-state index in [1.807, 2.05) is 62.4 Å². The Balaban J connectivity index is 1.50. The second-order valence-corrected chi connectivity index (χ2v) is 7.52. The van der Waals surface area contributed by atoms with Gasteiger partial charge in [0.05, 0.1) is 5.56 Å². The molecule has 0 atom stereocenters. The summed E-state index contributed by atoms with van der Waals surface area (Å²) < 4.78 is 5.17. The largest absolute Gasteiger partial charge is 0.452 e. The fraction of sp³-hybridized carbons (Fsp3) is 0.160. The summed E-state index contributed by atoms with van der Waals surface area (Å²) in [5, 5.41) is 9.41. The molecule has 164 valence electrons. The number of anilines is 3. The molecule has 1 amide bonds. The van der Waals surface area contributed by atoms with Crippen LogP contribution >= 0.6 is 12.2 Å². The Hall–Kier alpha value is -3.71. The van der Waals surface area contributed by atoms with Crippen LogP contribution in [0.4, 0.5) is 17.1 Å². The normalized spacial score (nSPS) is 10.2. The van der Waals surface area contributed by atoms with Crippen molar-refractivity contribution in [2.45, 2.75) is 20.3 Å². The molecule has 0 bridgehead atoms. The Morgan fingerprint density at radius 2 is 1.50 bits per heavy atom. The fourth-order valence-electron chi connectivity index (χ4n) is 3.10. The maximum absolute atomic E-state index is 12.3. The zero-order chi connectivity index (χ0) is 22.9. The van der Waals surface area contributed by atoms with Gasteiger partial charge in [0.15, 0.2) is 11.7 Å². The van der Waals surface area contributed by atoms with Crippen LogP contribution in [0, 0.1) is 6.92 Å². The zero-order valence-electron chi connectivity index (χ0n) is 18.0. The first kappa shape index (κ1) is 23.0. The monoisotopic (exact) mass is 447 g/mol. The molecule has 0 spiro atoms. The van der Waals surface area contributed by atoms with E-state index >= 15 is 0 Å². The molecule has 0 saturated carbocycles. The van der Waals surface area contributed by atoms with Crippen LogP contribution in [-0.4, -0.2) is 23.6 Å². The highest BCUT2D eigenvalue weighted by atomic mass is 32.1. The number of thiocarbonyl (C=S) groups is 1. The lowest BCUT2D eigenvalue weighted by molar-refractivity contribution is -0.119. The molecule has 6 nitrogen and oxygen atoms in total. The van der Waals surface area contributed by atoms with Gasteiger partial charge >= 0.3 is 5.97 Å². The van der Waals surface area contributed by atoms with Gasteiger partial charge in [0, 0.05) is 17.1 Å². The van der Waals surface area contributed by atoms with Crippen molar-refractivity contribution in [2.75, 3.05) is 22.6 Å². The highest BCUT2D eigenvalue weighted by molar-refractivity contribution is 7.80. The van der Waals surface area contributed by atoms with Crippen LogP contribution in [0.25, 0.3) is 0 Å². The molecule has 7 heteroatoms. The van der Waals surface area contributed by atoms with Gasteiger partial charge in [0.25, 0.3) is 5.91 Å². The SMILES string of the molecule is CCc1cccc(C)c1NC(=O)COC(=O)c1ccc(NC(=S)Nc2ccccc2)cc1. The topological polar surface area (TPSA) is 79.5 Å². The molecule has 0 aliphatic rings. The van der Waals surface area contributed by atoms with E-state index in [-0.39, 0.29) is 12.5 Å². The summed E-state index contributed by atoms with van der Waals surface area (Å²) in [6.07, 6.45) is 0.793. The van der Waals surface area contributed by atoms with Gasteiger partial charge in [-0.15, -0.1) is 0 Å². The van der Waals surface area contributed by atoms with Gasteiger partial charge in [-0.3, -0.25) is 4.79 Å². The minimum absolute atomic E-state index is 0.343. The first-order valence-corrected chi connectivity index (χ1v) is 10.7. The highest BCUT2D eigenvalue weighted by Gasteiger charge is 2.13. The number of esters is 1. The highest BCUT2D eigenvalue weighted by Crippen LogP contribution is 2.21. The van der Waals surface area contributed by atoms with Crippen LogP contribution in [0.3, 0.4) is 0 Å². The number of para-hydroxylation sites is 2. The van der Waals surface area contributed by atoms with Crippen LogP contribution in [0.5, 0.6) is 0 Å². The Labute approximate surface area is 193 Å². The average Bonchev–Trinajstić information content (AvgIpc) is 2.80. The number of nitrogens with one attached hydrogen (secondary N) is 3. The molecule has 32 heavy (non-hydrogen) atoms. The van der Waals surface area contributed by atoms with Crippen molar-refractivity contribution in [2.24, 2.45) is 0 Å². The molecule has 0 saturated heterocycles. The van der Waals surface area contributed by atoms with E-state index in [9.17, 15) is 9.59 Å². The minimum Gasteiger partial charge on any atom is -0.452 e. The van der Waals surface area contributed by atoms with Crippen molar-refractivity contribution in [1.82, 2.24) is 0 Å². The molecule has 3 aromatic rings. The summed E-state index contributed by atoms with van der Waals surface area (Å²) in [6, 6.07) is 22.1. The number of hydrogen-bond acceptors (Lipinski definition) is 4. The summed E-state index contributed by atoms with van der Waals surface area (Å²) in [4.78, 5) is 24.6. The van der Waals surface area contributed by atoms with Gasteiger partial charge in [-0.05, 0) is 73.1 Å². The van der Waals surface area contributed by atoms with E-state index in [0.29, 0.717) is 10.7 Å². The number of rotatable bonds is 7. The summed E-state index contributed by atoms with van der Waals surface area (Å²) >= 11 is 5.30. The van der Waals surface area contributed by atoms with Gasteiger partial charge in [-0.2, -0.15) is 0 Å². The predicted octanol–water partition coefficient (Wildman–Crippen LogP) is 5.16. The molecule has 3 aromatic carbocycles. The third-order valence-electron chi connectivity index (χ3n) is 4.75. The fourth-order valence-corrected chi connectivity index (χ4v) is 3.33. The molecule has 0 radical (unpaired) electrons. The van der Waals surface area contributed by atoms with Crippen LogP contribution in [-0.2, 0) is 16.0 Å². The van der Waals surface area contributed by atoms with E-state index in [1.54, 1.807) is 24.3 Å². The van der Waals surface area contributed by atoms with Gasteiger partial charge < -0.3 is 20.7 Å². The lowest BCUT2D eigenvalue weighted by Crippen LogP contribution is -2.22. The summed E-state index contributed by atoms with van der Waals surface area (Å²) in [5.41, 5.74) is 4.71. The Morgan fingerprint density at radius 3 is 2.16 bits per heavy atom. The van der Waals surface area contributed by atoms with E-state index in [0.717, 1.165) is 34.6 Å². The minimum atomic E-state index is -0.572. The lowest BCUT2D eigenvalue weighted by atomic mass is 10.1. The molecule has 0 unspecified atom stereocenters. The first-order chi connectivity index (χ1) is 15.5. The quantitative estimate of drug-likeness (QED) is 0.343. The Kier molecular flexibility index (Phi) is 7.94. The van der Waals surface area contributed by atoms with Crippen molar-refractivity contribution in [1.29, 1.82) is 0 Å². The third kappa shape index (κ3) is 6.39. The predicted molar refractivity (Wildman–Crippen MR) is 132 cm³/mol. The molecule has 0 aliphatic carbocycles. The van der Waals surface area contributed by atoms with Crippen molar-refractivity contribution >= 4 is 46.3 Å². The van der Waals surface area contributed by atoms with Crippen molar-refractivity contribution in [3.63, 3.8) is 0 Å². The maximum atomic E-state index is 12.3. The van der Waals surface area contributed by atoms with Gasteiger partial charge in [0.1, 0.15) is 0 Å². The third-order valence-corrected chi connectivity index (χ3v) is 4.95. The smallest absolute Gasteiger partial charge is 0.338 e. The Morgan fingerprint density at radius 1 is 0.844 bits per heavy atom. The maximum Gasteiger partial charge on any atom is 0.338 e. The molecule has 0 aliphatic heterocycles. The van der Waals surface area contributed by atoms with Gasteiger partial charge in [-0.1, -0.05) is 43.3 Å². The van der Waals surface area contributed by atoms with Crippen LogP contribution in [0.2, 0.25) is 0 Å². The second kappa shape index (κ2) is 11.1. The van der Waals surface area contributed by atoms with Crippen LogP contribution in [0.15, 0.2) is 72.8 Å². The summed E-state index contributed by atoms with van der Waals surface area (Å²) in [5.74, 6) is -0.949.